The summed E-state index contributed by atoms with van der Waals surface area (Å²) >= 11 is 1.82. The number of hydrogen-bond donors (Lipinski definition) is 2. The smallest absolute Gasteiger partial charge is 0.191 e. The molecule has 0 amide bonds. The number of aliphatic imine (C=N–C) groups is 1. The molecule has 0 aromatic carbocycles. The van der Waals surface area contributed by atoms with Crippen molar-refractivity contribution >= 4 is 17.3 Å². The first-order valence-electron chi connectivity index (χ1n) is 8.46. The first-order valence-corrected chi connectivity index (χ1v) is 9.28. The molecule has 1 fully saturated rings. The minimum absolute atomic E-state index is 0.756. The normalized spacial score (nSPS) is 16.5. The summed E-state index contributed by atoms with van der Waals surface area (Å²) in [6.07, 6.45) is 5.52. The van der Waals surface area contributed by atoms with E-state index in [-0.39, 0.29) is 0 Å². The van der Waals surface area contributed by atoms with E-state index < -0.39 is 0 Å². The molecule has 0 unspecified atom stereocenters. The summed E-state index contributed by atoms with van der Waals surface area (Å²) in [5, 5.41) is 6.78. The predicted octanol–water partition coefficient (Wildman–Crippen LogP) is 2.99. The van der Waals surface area contributed by atoms with Crippen LogP contribution in [0.4, 0.5) is 0 Å². The summed E-state index contributed by atoms with van der Waals surface area (Å²) in [5.41, 5.74) is 0. The molecule has 1 aromatic heterocycles. The third-order valence-corrected chi connectivity index (χ3v) is 5.22. The largest absolute Gasteiger partial charge is 0.357 e. The third-order valence-electron chi connectivity index (χ3n) is 4.24. The number of nitrogens with one attached hydrogen (secondary N) is 2. The molecule has 5 heteroatoms. The van der Waals surface area contributed by atoms with Crippen LogP contribution in [0.5, 0.6) is 0 Å². The second kappa shape index (κ2) is 9.16. The van der Waals surface area contributed by atoms with E-state index in [4.69, 9.17) is 0 Å². The highest BCUT2D eigenvalue weighted by molar-refractivity contribution is 7.11. The summed E-state index contributed by atoms with van der Waals surface area (Å²) < 4.78 is 0. The van der Waals surface area contributed by atoms with Gasteiger partial charge in [-0.2, -0.15) is 0 Å². The van der Waals surface area contributed by atoms with Gasteiger partial charge in [0.15, 0.2) is 5.96 Å². The topological polar surface area (TPSA) is 39.7 Å². The molecule has 1 aromatic rings. The zero-order valence-electron chi connectivity index (χ0n) is 14.2. The highest BCUT2D eigenvalue weighted by atomic mass is 32.1. The molecule has 0 spiro atoms. The van der Waals surface area contributed by atoms with E-state index in [0.29, 0.717) is 0 Å². The summed E-state index contributed by atoms with van der Waals surface area (Å²) in [6, 6.07) is 5.11. The summed E-state index contributed by atoms with van der Waals surface area (Å²) in [6.45, 7) is 7.92. The first kappa shape index (κ1) is 17.3. The molecule has 0 bridgehead atoms. The van der Waals surface area contributed by atoms with Crippen LogP contribution in [-0.4, -0.2) is 43.6 Å². The van der Waals surface area contributed by atoms with E-state index in [1.54, 1.807) is 0 Å². The summed E-state index contributed by atoms with van der Waals surface area (Å²) in [7, 11) is 2.25. The van der Waals surface area contributed by atoms with Crippen LogP contribution in [0.15, 0.2) is 17.1 Å². The van der Waals surface area contributed by atoms with Crippen LogP contribution in [-0.2, 0) is 6.54 Å². The van der Waals surface area contributed by atoms with Crippen molar-refractivity contribution in [2.75, 3.05) is 26.7 Å². The minimum Gasteiger partial charge on any atom is -0.357 e. The van der Waals surface area contributed by atoms with Crippen LogP contribution in [0, 0.1) is 6.92 Å². The Labute approximate surface area is 139 Å². The molecular formula is C17H30N4S. The molecule has 1 aliphatic rings. The fraction of sp³-hybridized carbons (Fsp3) is 0.706. The van der Waals surface area contributed by atoms with Crippen LogP contribution in [0.1, 0.15) is 42.4 Å². The molecule has 1 aliphatic carbocycles. The van der Waals surface area contributed by atoms with E-state index in [1.165, 1.54) is 35.4 Å². The maximum atomic E-state index is 4.68. The number of nitrogens with zero attached hydrogens (tertiary/aromatic N) is 2. The van der Waals surface area contributed by atoms with Crippen LogP contribution in [0.25, 0.3) is 0 Å². The molecule has 4 nitrogen and oxygen atoms in total. The first-order chi connectivity index (χ1) is 10.7. The Kier molecular flexibility index (Phi) is 7.19. The van der Waals surface area contributed by atoms with E-state index in [1.807, 2.05) is 11.3 Å². The second-order valence-electron chi connectivity index (χ2n) is 6.05. The molecule has 2 rings (SSSR count). The van der Waals surface area contributed by atoms with Gasteiger partial charge in [0.1, 0.15) is 0 Å². The Morgan fingerprint density at radius 2 is 2.09 bits per heavy atom. The lowest BCUT2D eigenvalue weighted by molar-refractivity contribution is 0.249. The van der Waals surface area contributed by atoms with Crippen molar-refractivity contribution in [1.82, 2.24) is 15.5 Å². The Hall–Kier alpha value is -1.07. The standard InChI is InChI=1S/C17H30N4S/c1-4-18-17(20-13-16-10-9-14(2)22-16)19-11-12-21(3)15-7-5-6-8-15/h9-10,15H,4-8,11-13H2,1-3H3,(H2,18,19,20). The lowest BCUT2D eigenvalue weighted by Gasteiger charge is -2.24. The maximum Gasteiger partial charge on any atom is 0.191 e. The zero-order valence-corrected chi connectivity index (χ0v) is 15.0. The Bertz CT molecular complexity index is 463. The van der Waals surface area contributed by atoms with Gasteiger partial charge in [-0.1, -0.05) is 12.8 Å². The molecule has 22 heavy (non-hydrogen) atoms. The fourth-order valence-corrected chi connectivity index (χ4v) is 3.76. The lowest BCUT2D eigenvalue weighted by Crippen LogP contribution is -2.42. The van der Waals surface area contributed by atoms with Crippen LogP contribution in [0.2, 0.25) is 0 Å². The van der Waals surface area contributed by atoms with Gasteiger partial charge in [0.25, 0.3) is 0 Å². The maximum absolute atomic E-state index is 4.68. The Morgan fingerprint density at radius 3 is 2.73 bits per heavy atom. The number of rotatable bonds is 7. The fourth-order valence-electron chi connectivity index (χ4n) is 2.95. The van der Waals surface area contributed by atoms with Crippen LogP contribution in [0.3, 0.4) is 0 Å². The van der Waals surface area contributed by atoms with Gasteiger partial charge < -0.3 is 15.5 Å². The molecule has 1 saturated carbocycles. The van der Waals surface area contributed by atoms with Gasteiger partial charge in [0.2, 0.25) is 0 Å². The van der Waals surface area contributed by atoms with Crippen molar-refractivity contribution in [2.24, 2.45) is 4.99 Å². The number of likely N-dealkylation sites (N-methyl/N-ethyl adjacent to an activating group) is 1. The quantitative estimate of drug-likeness (QED) is 0.599. The SMILES string of the molecule is CCNC(=NCc1ccc(C)s1)NCCN(C)C1CCCC1. The number of thiophene rings is 1. The van der Waals surface area contributed by atoms with E-state index in [9.17, 15) is 0 Å². The number of aryl methyl sites for hydroxylation is 1. The lowest BCUT2D eigenvalue weighted by atomic mass is 10.2. The molecule has 0 aliphatic heterocycles. The van der Waals surface area contributed by atoms with Crippen molar-refractivity contribution in [3.8, 4) is 0 Å². The van der Waals surface area contributed by atoms with Gasteiger partial charge in [0.05, 0.1) is 6.54 Å². The van der Waals surface area contributed by atoms with Crippen molar-refractivity contribution < 1.29 is 0 Å². The number of guanidine groups is 1. The zero-order chi connectivity index (χ0) is 15.8. The molecule has 2 N–H and O–H groups in total. The average molecular weight is 323 g/mol. The Morgan fingerprint density at radius 1 is 1.32 bits per heavy atom. The van der Waals surface area contributed by atoms with E-state index >= 15 is 0 Å². The van der Waals surface area contributed by atoms with Crippen molar-refractivity contribution in [3.05, 3.63) is 21.9 Å². The predicted molar refractivity (Wildman–Crippen MR) is 96.8 cm³/mol. The summed E-state index contributed by atoms with van der Waals surface area (Å²) in [4.78, 5) is 9.84. The van der Waals surface area contributed by atoms with Gasteiger partial charge in [-0.25, -0.2) is 4.99 Å². The average Bonchev–Trinajstić information content (AvgIpc) is 3.16. The van der Waals surface area contributed by atoms with Crippen LogP contribution < -0.4 is 10.6 Å². The van der Waals surface area contributed by atoms with Crippen molar-refractivity contribution in [2.45, 2.75) is 52.1 Å². The molecule has 124 valence electrons. The minimum atomic E-state index is 0.756. The highest BCUT2D eigenvalue weighted by Gasteiger charge is 2.18. The molecule has 1 heterocycles. The van der Waals surface area contributed by atoms with Crippen molar-refractivity contribution in [1.29, 1.82) is 0 Å². The highest BCUT2D eigenvalue weighted by Crippen LogP contribution is 2.21. The van der Waals surface area contributed by atoms with Gasteiger partial charge in [-0.3, -0.25) is 0 Å². The van der Waals surface area contributed by atoms with Crippen LogP contribution >= 0.6 is 11.3 Å². The van der Waals surface area contributed by atoms with Gasteiger partial charge in [-0.05, 0) is 45.9 Å². The summed E-state index contributed by atoms with van der Waals surface area (Å²) in [5.74, 6) is 0.924. The monoisotopic (exact) mass is 322 g/mol. The van der Waals surface area contributed by atoms with E-state index in [2.05, 4.69) is 53.6 Å². The van der Waals surface area contributed by atoms with Gasteiger partial charge in [0, 0.05) is 35.4 Å². The van der Waals surface area contributed by atoms with Crippen molar-refractivity contribution in [3.63, 3.8) is 0 Å². The molecular weight excluding hydrogens is 292 g/mol. The third kappa shape index (κ3) is 5.61. The second-order valence-corrected chi connectivity index (χ2v) is 7.43. The number of hydrogen-bond acceptors (Lipinski definition) is 3. The molecule has 0 radical (unpaired) electrons. The van der Waals surface area contributed by atoms with Gasteiger partial charge in [-0.15, -0.1) is 11.3 Å². The Balaban J connectivity index is 1.75. The van der Waals surface area contributed by atoms with Gasteiger partial charge >= 0.3 is 0 Å². The van der Waals surface area contributed by atoms with E-state index in [0.717, 1.165) is 38.2 Å². The molecule has 0 saturated heterocycles. The molecule has 0 atom stereocenters.